The van der Waals surface area contributed by atoms with Crippen molar-refractivity contribution in [2.75, 3.05) is 13.1 Å². The van der Waals surface area contributed by atoms with E-state index in [4.69, 9.17) is 11.5 Å². The summed E-state index contributed by atoms with van der Waals surface area (Å²) in [5.74, 6) is -0.197. The van der Waals surface area contributed by atoms with E-state index in [-0.39, 0.29) is 12.5 Å². The van der Waals surface area contributed by atoms with Crippen molar-refractivity contribution < 1.29 is 4.79 Å². The minimum atomic E-state index is -0.618. The number of fused-ring (bicyclic) bond motifs is 1. The molecule has 2 rings (SSSR count). The summed E-state index contributed by atoms with van der Waals surface area (Å²) in [5, 5.41) is 3.97. The van der Waals surface area contributed by atoms with Crippen molar-refractivity contribution in [3.05, 3.63) is 36.0 Å². The van der Waals surface area contributed by atoms with E-state index in [2.05, 4.69) is 16.4 Å². The molecule has 0 spiro atoms. The van der Waals surface area contributed by atoms with E-state index >= 15 is 0 Å². The lowest BCUT2D eigenvalue weighted by molar-refractivity contribution is -0.122. The molecule has 0 saturated heterocycles. The first-order valence-corrected chi connectivity index (χ1v) is 6.00. The van der Waals surface area contributed by atoms with Gasteiger partial charge in [-0.1, -0.05) is 18.2 Å². The number of para-hydroxylation sites is 1. The van der Waals surface area contributed by atoms with Gasteiger partial charge in [-0.2, -0.15) is 0 Å². The lowest BCUT2D eigenvalue weighted by Crippen LogP contribution is -2.45. The van der Waals surface area contributed by atoms with Crippen molar-refractivity contribution in [3.8, 4) is 0 Å². The molecule has 96 valence electrons. The molecule has 5 heteroatoms. The molecular weight excluding hydrogens is 228 g/mol. The molecular formula is C13H18N4O. The van der Waals surface area contributed by atoms with Crippen LogP contribution in [0.2, 0.25) is 0 Å². The van der Waals surface area contributed by atoms with Crippen LogP contribution in [0.5, 0.6) is 0 Å². The van der Waals surface area contributed by atoms with Crippen molar-refractivity contribution in [1.82, 2.24) is 10.3 Å². The van der Waals surface area contributed by atoms with Gasteiger partial charge in [0.25, 0.3) is 0 Å². The fraction of sp³-hybridized carbons (Fsp3) is 0.308. The summed E-state index contributed by atoms with van der Waals surface area (Å²) in [6.45, 7) is 0.729. The third kappa shape index (κ3) is 2.69. The van der Waals surface area contributed by atoms with Crippen molar-refractivity contribution in [2.24, 2.45) is 11.5 Å². The predicted molar refractivity (Wildman–Crippen MR) is 72.0 cm³/mol. The number of nitrogens with one attached hydrogen (secondary N) is 2. The fourth-order valence-corrected chi connectivity index (χ4v) is 1.90. The average molecular weight is 246 g/mol. The quantitative estimate of drug-likeness (QED) is 0.603. The summed E-state index contributed by atoms with van der Waals surface area (Å²) in [4.78, 5) is 14.6. The second-order valence-electron chi connectivity index (χ2n) is 4.24. The zero-order chi connectivity index (χ0) is 13.0. The van der Waals surface area contributed by atoms with Gasteiger partial charge in [0.2, 0.25) is 5.91 Å². The van der Waals surface area contributed by atoms with Crippen LogP contribution in [0.3, 0.4) is 0 Å². The van der Waals surface area contributed by atoms with Crippen molar-refractivity contribution in [2.45, 2.75) is 12.5 Å². The molecule has 0 bridgehead atoms. The highest BCUT2D eigenvalue weighted by atomic mass is 16.2. The van der Waals surface area contributed by atoms with Crippen LogP contribution in [0.4, 0.5) is 0 Å². The van der Waals surface area contributed by atoms with Gasteiger partial charge in [0.1, 0.15) is 0 Å². The second-order valence-corrected chi connectivity index (χ2v) is 4.24. The monoisotopic (exact) mass is 246 g/mol. The number of hydrogen-bond acceptors (Lipinski definition) is 3. The largest absolute Gasteiger partial charge is 0.361 e. The summed E-state index contributed by atoms with van der Waals surface area (Å²) in [7, 11) is 0. The molecule has 0 aliphatic carbocycles. The normalized spacial score (nSPS) is 12.6. The molecule has 0 aliphatic rings. The van der Waals surface area contributed by atoms with Gasteiger partial charge >= 0.3 is 0 Å². The van der Waals surface area contributed by atoms with Gasteiger partial charge in [-0.15, -0.1) is 0 Å². The highest BCUT2D eigenvalue weighted by Crippen LogP contribution is 2.17. The Bertz CT molecular complexity index is 535. The first kappa shape index (κ1) is 12.6. The van der Waals surface area contributed by atoms with Gasteiger partial charge < -0.3 is 21.8 Å². The minimum absolute atomic E-state index is 0.166. The minimum Gasteiger partial charge on any atom is -0.361 e. The van der Waals surface area contributed by atoms with Crippen molar-refractivity contribution >= 4 is 16.8 Å². The lowest BCUT2D eigenvalue weighted by atomic mass is 10.1. The third-order valence-corrected chi connectivity index (χ3v) is 2.96. The lowest BCUT2D eigenvalue weighted by Gasteiger charge is -2.09. The Labute approximate surface area is 106 Å². The summed E-state index contributed by atoms with van der Waals surface area (Å²) in [6, 6.07) is 7.47. The third-order valence-electron chi connectivity index (χ3n) is 2.96. The molecule has 0 fully saturated rings. The topological polar surface area (TPSA) is 96.9 Å². The SMILES string of the molecule is NCC(N)C(=O)NCCc1c[nH]c2ccccc12. The Morgan fingerprint density at radius 3 is 2.94 bits per heavy atom. The van der Waals surface area contributed by atoms with E-state index in [0.717, 1.165) is 11.9 Å². The zero-order valence-corrected chi connectivity index (χ0v) is 10.1. The number of H-pyrrole nitrogens is 1. The highest BCUT2D eigenvalue weighted by Gasteiger charge is 2.10. The van der Waals surface area contributed by atoms with Crippen LogP contribution in [0.25, 0.3) is 10.9 Å². The van der Waals surface area contributed by atoms with Crippen LogP contribution >= 0.6 is 0 Å². The number of hydrogen-bond donors (Lipinski definition) is 4. The molecule has 5 nitrogen and oxygen atoms in total. The van der Waals surface area contributed by atoms with Gasteiger partial charge in [-0.25, -0.2) is 0 Å². The second kappa shape index (κ2) is 5.66. The Hall–Kier alpha value is -1.85. The molecule has 0 aliphatic heterocycles. The van der Waals surface area contributed by atoms with Crippen LogP contribution in [0, 0.1) is 0 Å². The van der Waals surface area contributed by atoms with Crippen molar-refractivity contribution in [3.63, 3.8) is 0 Å². The summed E-state index contributed by atoms with van der Waals surface area (Å²) in [6.07, 6.45) is 2.74. The van der Waals surface area contributed by atoms with E-state index in [1.54, 1.807) is 0 Å². The summed E-state index contributed by atoms with van der Waals surface area (Å²) < 4.78 is 0. The number of nitrogens with two attached hydrogens (primary N) is 2. The number of amides is 1. The maximum absolute atomic E-state index is 11.4. The smallest absolute Gasteiger partial charge is 0.238 e. The van der Waals surface area contributed by atoms with Gasteiger partial charge in [0.05, 0.1) is 6.04 Å². The van der Waals surface area contributed by atoms with E-state index in [0.29, 0.717) is 6.54 Å². The fourth-order valence-electron chi connectivity index (χ4n) is 1.90. The van der Waals surface area contributed by atoms with Gasteiger partial charge in [0.15, 0.2) is 0 Å². The van der Waals surface area contributed by atoms with Gasteiger partial charge in [-0.3, -0.25) is 4.79 Å². The van der Waals surface area contributed by atoms with Crippen LogP contribution in [-0.4, -0.2) is 30.0 Å². The Kier molecular flexibility index (Phi) is 3.96. The molecule has 6 N–H and O–H groups in total. The molecule has 0 radical (unpaired) electrons. The molecule has 0 saturated carbocycles. The maximum atomic E-state index is 11.4. The first-order valence-electron chi connectivity index (χ1n) is 6.00. The number of rotatable bonds is 5. The molecule has 1 unspecified atom stereocenters. The molecule has 1 heterocycles. The number of carbonyl (C=O) groups is 1. The van der Waals surface area contributed by atoms with E-state index in [1.807, 2.05) is 24.4 Å². The molecule has 2 aromatic rings. The van der Waals surface area contributed by atoms with Crippen LogP contribution in [0.1, 0.15) is 5.56 Å². The van der Waals surface area contributed by atoms with Crippen LogP contribution in [-0.2, 0) is 11.2 Å². The molecule has 1 aromatic heterocycles. The molecule has 1 amide bonds. The maximum Gasteiger partial charge on any atom is 0.238 e. The Balaban J connectivity index is 1.93. The Morgan fingerprint density at radius 2 is 2.17 bits per heavy atom. The van der Waals surface area contributed by atoms with E-state index in [9.17, 15) is 4.79 Å². The molecule has 1 atom stereocenters. The van der Waals surface area contributed by atoms with Crippen LogP contribution in [0.15, 0.2) is 30.5 Å². The van der Waals surface area contributed by atoms with Gasteiger partial charge in [0, 0.05) is 30.2 Å². The summed E-state index contributed by atoms with van der Waals surface area (Å²) in [5.41, 5.74) is 13.1. The van der Waals surface area contributed by atoms with E-state index < -0.39 is 6.04 Å². The Morgan fingerprint density at radius 1 is 1.39 bits per heavy atom. The first-order chi connectivity index (χ1) is 8.72. The molecule has 1 aromatic carbocycles. The predicted octanol–water partition coefficient (Wildman–Crippen LogP) is 0.113. The van der Waals surface area contributed by atoms with Crippen LogP contribution < -0.4 is 16.8 Å². The highest BCUT2D eigenvalue weighted by molar-refractivity contribution is 5.83. The van der Waals surface area contributed by atoms with E-state index in [1.165, 1.54) is 10.9 Å². The number of benzene rings is 1. The van der Waals surface area contributed by atoms with Crippen molar-refractivity contribution in [1.29, 1.82) is 0 Å². The summed E-state index contributed by atoms with van der Waals surface area (Å²) >= 11 is 0. The van der Waals surface area contributed by atoms with Gasteiger partial charge in [-0.05, 0) is 18.1 Å². The zero-order valence-electron chi connectivity index (χ0n) is 10.1. The molecule has 18 heavy (non-hydrogen) atoms. The standard InChI is InChI=1S/C13H18N4O/c14-7-11(15)13(18)16-6-5-9-8-17-12-4-2-1-3-10(9)12/h1-4,8,11,17H,5-7,14-15H2,(H,16,18). The number of aromatic nitrogens is 1. The average Bonchev–Trinajstić information content (AvgIpc) is 2.81. The number of carbonyl (C=O) groups excluding carboxylic acids is 1. The number of aromatic amines is 1.